The van der Waals surface area contributed by atoms with Crippen LogP contribution in [0, 0.1) is 11.3 Å². The lowest BCUT2D eigenvalue weighted by Crippen LogP contribution is -2.26. The minimum atomic E-state index is -0.458. The number of rotatable bonds is 5. The number of fused-ring (bicyclic) bond motifs is 3. The van der Waals surface area contributed by atoms with Gasteiger partial charge in [-0.15, -0.1) is 0 Å². The van der Waals surface area contributed by atoms with Crippen molar-refractivity contribution < 1.29 is 9.53 Å². The zero-order valence-corrected chi connectivity index (χ0v) is 15.7. The molecule has 3 aromatic rings. The molecule has 0 unspecified atom stereocenters. The average molecular weight is 381 g/mol. The molecule has 0 radical (unpaired) electrons. The molecule has 5 nitrogen and oxygen atoms in total. The number of amides is 1. The number of benzene rings is 2. The van der Waals surface area contributed by atoms with E-state index in [4.69, 9.17) is 10.00 Å². The van der Waals surface area contributed by atoms with Crippen LogP contribution in [0.1, 0.15) is 28.2 Å². The van der Waals surface area contributed by atoms with E-state index < -0.39 is 6.09 Å². The first kappa shape index (κ1) is 18.5. The first-order valence-corrected chi connectivity index (χ1v) is 9.37. The second-order valence-corrected chi connectivity index (χ2v) is 6.73. The average Bonchev–Trinajstić information content (AvgIpc) is 3.09. The third kappa shape index (κ3) is 4.02. The molecule has 2 aromatic carbocycles. The molecule has 1 amide bonds. The maximum absolute atomic E-state index is 12.1. The molecule has 0 fully saturated rings. The largest absolute Gasteiger partial charge is 0.449 e. The normalized spacial score (nSPS) is 12.2. The van der Waals surface area contributed by atoms with Crippen molar-refractivity contribution in [3.63, 3.8) is 0 Å². The standard InChI is InChI=1S/C24H19N3O2/c25-13-18-12-17(14-26-15-18)6-5-11-27-24(28)29-16-23-21-9-3-1-7-19(21)20-8-2-4-10-22(20)23/h1-10,12,14-15,23H,11,16H2,(H,27,28). The Labute approximate surface area is 169 Å². The van der Waals surface area contributed by atoms with Crippen LogP contribution in [-0.4, -0.2) is 24.2 Å². The van der Waals surface area contributed by atoms with Gasteiger partial charge in [0.2, 0.25) is 0 Å². The Hall–Kier alpha value is -3.91. The highest BCUT2D eigenvalue weighted by Crippen LogP contribution is 2.44. The molecule has 0 saturated heterocycles. The Morgan fingerprint density at radius 3 is 2.48 bits per heavy atom. The van der Waals surface area contributed by atoms with E-state index in [1.807, 2.05) is 30.3 Å². The van der Waals surface area contributed by atoms with E-state index in [2.05, 4.69) is 34.6 Å². The van der Waals surface area contributed by atoms with Gasteiger partial charge in [-0.1, -0.05) is 60.7 Å². The van der Waals surface area contributed by atoms with Crippen LogP contribution < -0.4 is 5.32 Å². The third-order valence-electron chi connectivity index (χ3n) is 4.91. The number of nitrogens with one attached hydrogen (secondary N) is 1. The summed E-state index contributed by atoms with van der Waals surface area (Å²) in [5.74, 6) is 0.0449. The van der Waals surface area contributed by atoms with Crippen LogP contribution >= 0.6 is 0 Å². The predicted molar refractivity (Wildman–Crippen MR) is 111 cm³/mol. The minimum Gasteiger partial charge on any atom is -0.449 e. The first-order chi connectivity index (χ1) is 14.3. The van der Waals surface area contributed by atoms with Crippen LogP contribution in [0.3, 0.4) is 0 Å². The van der Waals surface area contributed by atoms with Crippen LogP contribution in [0.15, 0.2) is 73.1 Å². The Balaban J connectivity index is 1.33. The highest BCUT2D eigenvalue weighted by Gasteiger charge is 2.28. The molecule has 29 heavy (non-hydrogen) atoms. The number of carbonyl (C=O) groups excluding carboxylic acids is 1. The molecule has 1 aliphatic carbocycles. The van der Waals surface area contributed by atoms with E-state index in [0.717, 1.165) is 5.56 Å². The maximum atomic E-state index is 12.1. The van der Waals surface area contributed by atoms with Crippen LogP contribution in [0.25, 0.3) is 17.2 Å². The summed E-state index contributed by atoms with van der Waals surface area (Å²) >= 11 is 0. The molecule has 0 spiro atoms. The van der Waals surface area contributed by atoms with E-state index in [9.17, 15) is 4.79 Å². The van der Waals surface area contributed by atoms with Gasteiger partial charge in [0, 0.05) is 24.9 Å². The molecule has 1 heterocycles. The molecular weight excluding hydrogens is 362 g/mol. The van der Waals surface area contributed by atoms with Gasteiger partial charge in [0.25, 0.3) is 0 Å². The highest BCUT2D eigenvalue weighted by atomic mass is 16.5. The van der Waals surface area contributed by atoms with E-state index >= 15 is 0 Å². The Kier molecular flexibility index (Phi) is 5.35. The lowest BCUT2D eigenvalue weighted by Gasteiger charge is -2.14. The number of nitriles is 1. The first-order valence-electron chi connectivity index (χ1n) is 9.37. The second-order valence-electron chi connectivity index (χ2n) is 6.73. The van der Waals surface area contributed by atoms with Crippen molar-refractivity contribution in [3.05, 3.63) is 95.3 Å². The summed E-state index contributed by atoms with van der Waals surface area (Å²) in [6.07, 6.45) is 6.30. The SMILES string of the molecule is N#Cc1cncc(C=CCNC(=O)OCC2c3ccccc3-c3ccccc32)c1. The van der Waals surface area contributed by atoms with Crippen LogP contribution in [0.2, 0.25) is 0 Å². The fourth-order valence-electron chi connectivity index (χ4n) is 3.60. The molecular formula is C24H19N3O2. The Morgan fingerprint density at radius 1 is 1.10 bits per heavy atom. The van der Waals surface area contributed by atoms with Crippen molar-refractivity contribution in [2.24, 2.45) is 0 Å². The smallest absolute Gasteiger partial charge is 0.407 e. The summed E-state index contributed by atoms with van der Waals surface area (Å²) < 4.78 is 5.49. The van der Waals surface area contributed by atoms with E-state index in [-0.39, 0.29) is 12.5 Å². The van der Waals surface area contributed by atoms with Crippen molar-refractivity contribution in [1.82, 2.24) is 10.3 Å². The minimum absolute atomic E-state index is 0.0449. The topological polar surface area (TPSA) is 75.0 Å². The van der Waals surface area contributed by atoms with Gasteiger partial charge in [-0.2, -0.15) is 5.26 Å². The van der Waals surface area contributed by atoms with Crippen molar-refractivity contribution >= 4 is 12.2 Å². The number of nitrogens with zero attached hydrogens (tertiary/aromatic N) is 2. The van der Waals surface area contributed by atoms with Crippen LogP contribution in [0.5, 0.6) is 0 Å². The summed E-state index contributed by atoms with van der Waals surface area (Å²) in [7, 11) is 0. The maximum Gasteiger partial charge on any atom is 0.407 e. The monoisotopic (exact) mass is 381 g/mol. The summed E-state index contributed by atoms with van der Waals surface area (Å²) in [5, 5.41) is 11.6. The molecule has 1 aromatic heterocycles. The fourth-order valence-corrected chi connectivity index (χ4v) is 3.60. The lowest BCUT2D eigenvalue weighted by atomic mass is 9.98. The number of pyridine rings is 1. The van der Waals surface area contributed by atoms with E-state index in [1.54, 1.807) is 24.4 Å². The highest BCUT2D eigenvalue weighted by molar-refractivity contribution is 5.79. The molecule has 4 rings (SSSR count). The molecule has 1 N–H and O–H groups in total. The number of aromatic nitrogens is 1. The number of hydrogen-bond acceptors (Lipinski definition) is 4. The van der Waals surface area contributed by atoms with Gasteiger partial charge in [-0.05, 0) is 33.9 Å². The summed E-state index contributed by atoms with van der Waals surface area (Å²) in [5.41, 5.74) is 6.08. The van der Waals surface area contributed by atoms with Gasteiger partial charge in [0.1, 0.15) is 12.7 Å². The van der Waals surface area contributed by atoms with Gasteiger partial charge in [-0.3, -0.25) is 4.98 Å². The number of hydrogen-bond donors (Lipinski definition) is 1. The number of ether oxygens (including phenoxy) is 1. The summed E-state index contributed by atoms with van der Waals surface area (Å²) in [6, 6.07) is 20.3. The van der Waals surface area contributed by atoms with Gasteiger partial charge in [0.05, 0.1) is 5.56 Å². The van der Waals surface area contributed by atoms with Gasteiger partial charge >= 0.3 is 6.09 Å². The lowest BCUT2D eigenvalue weighted by molar-refractivity contribution is 0.144. The van der Waals surface area contributed by atoms with Gasteiger partial charge < -0.3 is 10.1 Å². The molecule has 1 aliphatic rings. The molecule has 0 atom stereocenters. The van der Waals surface area contributed by atoms with Crippen molar-refractivity contribution in [2.75, 3.05) is 13.2 Å². The second kappa shape index (κ2) is 8.41. The van der Waals surface area contributed by atoms with E-state index in [0.29, 0.717) is 12.1 Å². The molecule has 0 saturated carbocycles. The molecule has 142 valence electrons. The third-order valence-corrected chi connectivity index (χ3v) is 4.91. The fraction of sp³-hybridized carbons (Fsp3) is 0.125. The van der Waals surface area contributed by atoms with Crippen molar-refractivity contribution in [2.45, 2.75) is 5.92 Å². The molecule has 5 heteroatoms. The quantitative estimate of drug-likeness (QED) is 0.706. The van der Waals surface area contributed by atoms with Crippen molar-refractivity contribution in [1.29, 1.82) is 5.26 Å². The van der Waals surface area contributed by atoms with Gasteiger partial charge in [-0.25, -0.2) is 4.79 Å². The summed E-state index contributed by atoms with van der Waals surface area (Å²) in [4.78, 5) is 16.1. The van der Waals surface area contributed by atoms with Gasteiger partial charge in [0.15, 0.2) is 0 Å². The Morgan fingerprint density at radius 2 is 1.79 bits per heavy atom. The van der Waals surface area contributed by atoms with E-state index in [1.165, 1.54) is 28.5 Å². The van der Waals surface area contributed by atoms with Crippen molar-refractivity contribution in [3.8, 4) is 17.2 Å². The molecule has 0 aliphatic heterocycles. The predicted octanol–water partition coefficient (Wildman–Crippen LogP) is 4.51. The van der Waals surface area contributed by atoms with Crippen LogP contribution in [0.4, 0.5) is 4.79 Å². The summed E-state index contributed by atoms with van der Waals surface area (Å²) in [6.45, 7) is 0.616. The number of carbonyl (C=O) groups is 1. The number of alkyl carbamates (subject to hydrolysis) is 1. The van der Waals surface area contributed by atoms with Crippen LogP contribution in [-0.2, 0) is 4.74 Å². The zero-order valence-electron chi connectivity index (χ0n) is 15.7. The Bertz CT molecular complexity index is 1070. The molecule has 0 bridgehead atoms. The zero-order chi connectivity index (χ0) is 20.1.